The number of benzene rings is 2. The fraction of sp³-hybridized carbons (Fsp3) is 0.391. The quantitative estimate of drug-likeness (QED) is 0.580. The van der Waals surface area contributed by atoms with E-state index in [9.17, 15) is 13.2 Å². The van der Waals surface area contributed by atoms with Gasteiger partial charge in [-0.2, -0.15) is 4.31 Å². The first-order chi connectivity index (χ1) is 14.9. The average Bonchev–Trinajstić information content (AvgIpc) is 3.24. The SMILES string of the molecule is CCN(CC)S(=O)(=O)c1ccc(C(=O)N2CCC(c3nc4ccccc4o3)CC2)cc1. The minimum absolute atomic E-state index is 0.0807. The fourth-order valence-corrected chi connectivity index (χ4v) is 5.52. The summed E-state index contributed by atoms with van der Waals surface area (Å²) in [6.45, 7) is 5.67. The van der Waals surface area contributed by atoms with Crippen LogP contribution in [-0.4, -0.2) is 54.7 Å². The van der Waals surface area contributed by atoms with Gasteiger partial charge in [0.25, 0.3) is 5.91 Å². The van der Waals surface area contributed by atoms with Crippen LogP contribution < -0.4 is 0 Å². The Kier molecular flexibility index (Phi) is 6.11. The van der Waals surface area contributed by atoms with Gasteiger partial charge >= 0.3 is 0 Å². The van der Waals surface area contributed by atoms with E-state index in [-0.39, 0.29) is 16.7 Å². The molecule has 7 nitrogen and oxygen atoms in total. The van der Waals surface area contributed by atoms with Crippen LogP contribution in [0, 0.1) is 0 Å². The summed E-state index contributed by atoms with van der Waals surface area (Å²) in [7, 11) is -3.53. The van der Waals surface area contributed by atoms with Crippen molar-refractivity contribution >= 4 is 27.0 Å². The number of sulfonamides is 1. The minimum Gasteiger partial charge on any atom is -0.440 e. The molecule has 4 rings (SSSR count). The number of aromatic nitrogens is 1. The number of hydrogen-bond acceptors (Lipinski definition) is 5. The van der Waals surface area contributed by atoms with Gasteiger partial charge in [0.05, 0.1) is 4.90 Å². The van der Waals surface area contributed by atoms with Crippen molar-refractivity contribution in [2.75, 3.05) is 26.2 Å². The van der Waals surface area contributed by atoms with Crippen LogP contribution in [-0.2, 0) is 10.0 Å². The number of likely N-dealkylation sites (tertiary alicyclic amines) is 1. The molecule has 1 fully saturated rings. The van der Waals surface area contributed by atoms with E-state index in [1.54, 1.807) is 12.1 Å². The molecule has 0 N–H and O–H groups in total. The lowest BCUT2D eigenvalue weighted by Crippen LogP contribution is -2.38. The van der Waals surface area contributed by atoms with E-state index in [4.69, 9.17) is 4.42 Å². The molecular weight excluding hydrogens is 414 g/mol. The van der Waals surface area contributed by atoms with Gasteiger partial charge in [0.2, 0.25) is 10.0 Å². The van der Waals surface area contributed by atoms with Gasteiger partial charge in [-0.1, -0.05) is 26.0 Å². The van der Waals surface area contributed by atoms with Crippen molar-refractivity contribution in [2.45, 2.75) is 37.5 Å². The molecule has 1 amide bonds. The van der Waals surface area contributed by atoms with Crippen molar-refractivity contribution in [1.82, 2.24) is 14.2 Å². The molecule has 0 unspecified atom stereocenters. The predicted molar refractivity (Wildman–Crippen MR) is 118 cm³/mol. The second-order valence-electron chi connectivity index (χ2n) is 7.70. The zero-order chi connectivity index (χ0) is 22.0. The minimum atomic E-state index is -3.53. The van der Waals surface area contributed by atoms with Crippen LogP contribution in [0.25, 0.3) is 11.1 Å². The lowest BCUT2D eigenvalue weighted by Gasteiger charge is -2.30. The summed E-state index contributed by atoms with van der Waals surface area (Å²) in [5, 5.41) is 0. The molecule has 2 aromatic carbocycles. The second kappa shape index (κ2) is 8.80. The fourth-order valence-electron chi connectivity index (χ4n) is 4.06. The monoisotopic (exact) mass is 441 g/mol. The molecule has 0 atom stereocenters. The highest BCUT2D eigenvalue weighted by atomic mass is 32.2. The number of hydrogen-bond donors (Lipinski definition) is 0. The molecule has 8 heteroatoms. The van der Waals surface area contributed by atoms with Crippen molar-refractivity contribution in [2.24, 2.45) is 0 Å². The molecule has 164 valence electrons. The van der Waals surface area contributed by atoms with Crippen LogP contribution in [0.3, 0.4) is 0 Å². The van der Waals surface area contributed by atoms with Crippen LogP contribution in [0.2, 0.25) is 0 Å². The summed E-state index contributed by atoms with van der Waals surface area (Å²) in [4.78, 5) is 19.5. The predicted octanol–water partition coefficient (Wildman–Crippen LogP) is 3.88. The molecule has 0 spiro atoms. The molecule has 3 aromatic rings. The van der Waals surface area contributed by atoms with Crippen molar-refractivity contribution in [3.05, 3.63) is 60.0 Å². The van der Waals surface area contributed by atoms with Crippen LogP contribution >= 0.6 is 0 Å². The number of para-hydroxylation sites is 2. The second-order valence-corrected chi connectivity index (χ2v) is 9.64. The molecule has 0 saturated carbocycles. The van der Waals surface area contributed by atoms with E-state index in [1.165, 1.54) is 16.4 Å². The molecule has 0 aliphatic carbocycles. The maximum Gasteiger partial charge on any atom is 0.253 e. The van der Waals surface area contributed by atoms with Gasteiger partial charge in [0, 0.05) is 37.7 Å². The summed E-state index contributed by atoms with van der Waals surface area (Å²) < 4.78 is 32.6. The summed E-state index contributed by atoms with van der Waals surface area (Å²) in [6, 6.07) is 14.0. The third kappa shape index (κ3) is 4.22. The Labute approximate surface area is 182 Å². The number of rotatable bonds is 6. The summed E-state index contributed by atoms with van der Waals surface area (Å²) >= 11 is 0. The first-order valence-electron chi connectivity index (χ1n) is 10.7. The topological polar surface area (TPSA) is 83.7 Å². The van der Waals surface area contributed by atoms with E-state index in [0.29, 0.717) is 31.7 Å². The highest BCUT2D eigenvalue weighted by molar-refractivity contribution is 7.89. The zero-order valence-corrected chi connectivity index (χ0v) is 18.6. The third-order valence-corrected chi connectivity index (χ3v) is 7.95. The van der Waals surface area contributed by atoms with Gasteiger partial charge in [0.15, 0.2) is 11.5 Å². The third-order valence-electron chi connectivity index (χ3n) is 5.89. The van der Waals surface area contributed by atoms with E-state index >= 15 is 0 Å². The summed E-state index contributed by atoms with van der Waals surface area (Å²) in [6.07, 6.45) is 1.57. The van der Waals surface area contributed by atoms with E-state index in [1.807, 2.05) is 43.0 Å². The number of oxazole rings is 1. The number of amides is 1. The Hall–Kier alpha value is -2.71. The maximum atomic E-state index is 12.9. The Morgan fingerprint density at radius 1 is 1.06 bits per heavy atom. The largest absolute Gasteiger partial charge is 0.440 e. The highest BCUT2D eigenvalue weighted by Gasteiger charge is 2.28. The Morgan fingerprint density at radius 2 is 1.71 bits per heavy atom. The Balaban J connectivity index is 1.41. The number of piperidine rings is 1. The molecule has 0 radical (unpaired) electrons. The number of carbonyl (C=O) groups is 1. The van der Waals surface area contributed by atoms with Gasteiger partial charge in [-0.05, 0) is 49.2 Å². The molecule has 1 aromatic heterocycles. The van der Waals surface area contributed by atoms with Crippen LogP contribution in [0.1, 0.15) is 48.9 Å². The smallest absolute Gasteiger partial charge is 0.253 e. The Bertz CT molecular complexity index is 1130. The van der Waals surface area contributed by atoms with Crippen molar-refractivity contribution in [3.63, 3.8) is 0 Å². The molecule has 0 bridgehead atoms. The molecule has 1 saturated heterocycles. The summed E-state index contributed by atoms with van der Waals surface area (Å²) in [5.41, 5.74) is 2.14. The lowest BCUT2D eigenvalue weighted by molar-refractivity contribution is 0.0706. The standard InChI is InChI=1S/C23H27N3O4S/c1-3-26(4-2)31(28,29)19-11-9-18(10-12-19)23(27)25-15-13-17(14-16-25)22-24-20-7-5-6-8-21(20)30-22/h5-12,17H,3-4,13-16H2,1-2H3. The molecular formula is C23H27N3O4S. The van der Waals surface area contributed by atoms with E-state index in [2.05, 4.69) is 4.98 Å². The first-order valence-corrected chi connectivity index (χ1v) is 12.1. The van der Waals surface area contributed by atoms with E-state index < -0.39 is 10.0 Å². The van der Waals surface area contributed by atoms with E-state index in [0.717, 1.165) is 29.8 Å². The van der Waals surface area contributed by atoms with Gasteiger partial charge in [-0.15, -0.1) is 0 Å². The summed E-state index contributed by atoms with van der Waals surface area (Å²) in [5.74, 6) is 0.847. The van der Waals surface area contributed by atoms with Gasteiger partial charge in [0.1, 0.15) is 5.52 Å². The zero-order valence-electron chi connectivity index (χ0n) is 17.8. The average molecular weight is 442 g/mol. The normalized spacial score (nSPS) is 15.6. The maximum absolute atomic E-state index is 12.9. The molecule has 2 heterocycles. The number of nitrogens with zero attached hydrogens (tertiary/aromatic N) is 3. The van der Waals surface area contributed by atoms with Crippen molar-refractivity contribution in [1.29, 1.82) is 0 Å². The van der Waals surface area contributed by atoms with Crippen molar-refractivity contribution < 1.29 is 17.6 Å². The Morgan fingerprint density at radius 3 is 2.32 bits per heavy atom. The first kappa shape index (κ1) is 21.5. The highest BCUT2D eigenvalue weighted by Crippen LogP contribution is 2.30. The molecule has 1 aliphatic rings. The lowest BCUT2D eigenvalue weighted by atomic mass is 9.96. The van der Waals surface area contributed by atoms with Gasteiger partial charge in [-0.3, -0.25) is 4.79 Å². The van der Waals surface area contributed by atoms with Crippen molar-refractivity contribution in [3.8, 4) is 0 Å². The molecule has 1 aliphatic heterocycles. The van der Waals surface area contributed by atoms with Crippen LogP contribution in [0.4, 0.5) is 0 Å². The van der Waals surface area contributed by atoms with Gasteiger partial charge in [-0.25, -0.2) is 13.4 Å². The van der Waals surface area contributed by atoms with Crippen LogP contribution in [0.5, 0.6) is 0 Å². The number of fused-ring (bicyclic) bond motifs is 1. The number of carbonyl (C=O) groups excluding carboxylic acids is 1. The van der Waals surface area contributed by atoms with Crippen LogP contribution in [0.15, 0.2) is 57.8 Å². The molecule has 31 heavy (non-hydrogen) atoms. The van der Waals surface area contributed by atoms with Gasteiger partial charge < -0.3 is 9.32 Å².